The number of hydrogen-bond donors (Lipinski definition) is 1. The molecule has 1 N–H and O–H groups in total. The van der Waals surface area contributed by atoms with Gasteiger partial charge < -0.3 is 14.1 Å². The average molecular weight is 516 g/mol. The molecule has 4 heterocycles. The molecule has 0 unspecified atom stereocenters. The first-order valence-electron chi connectivity index (χ1n) is 13.4. The molecule has 0 aliphatic carbocycles. The van der Waals surface area contributed by atoms with Crippen molar-refractivity contribution >= 4 is 73.1 Å². The lowest BCUT2D eigenvalue weighted by Crippen LogP contribution is -2.00. The van der Waals surface area contributed by atoms with Gasteiger partial charge in [-0.3, -0.25) is 9.98 Å². The number of allylic oxidation sites excluding steroid dienone is 1. The van der Waals surface area contributed by atoms with E-state index in [1.165, 1.54) is 10.8 Å². The van der Waals surface area contributed by atoms with Crippen LogP contribution in [0.1, 0.15) is 12.6 Å². The Morgan fingerprint density at radius 1 is 0.725 bits per heavy atom. The molecule has 0 saturated carbocycles. The van der Waals surface area contributed by atoms with Gasteiger partial charge in [0.15, 0.2) is 0 Å². The quantitative estimate of drug-likeness (QED) is 0.233. The molecular formula is C35H25N5. The van der Waals surface area contributed by atoms with Gasteiger partial charge in [-0.05, 0) is 62.2 Å². The molecule has 0 saturated heterocycles. The molecule has 8 rings (SSSR count). The second kappa shape index (κ2) is 8.55. The van der Waals surface area contributed by atoms with Crippen molar-refractivity contribution in [3.05, 3.63) is 115 Å². The van der Waals surface area contributed by atoms with Crippen LogP contribution in [0.25, 0.3) is 72.1 Å². The first-order valence-corrected chi connectivity index (χ1v) is 13.4. The lowest BCUT2D eigenvalue weighted by atomic mass is 10.1. The Bertz CT molecular complexity index is 2290. The first kappa shape index (κ1) is 22.6. The second-order valence-electron chi connectivity index (χ2n) is 10.0. The highest BCUT2D eigenvalue weighted by Gasteiger charge is 2.24. The summed E-state index contributed by atoms with van der Waals surface area (Å²) >= 11 is 0. The van der Waals surface area contributed by atoms with Crippen LogP contribution in [0.15, 0.2) is 114 Å². The maximum absolute atomic E-state index is 5.05. The number of aromatic nitrogens is 4. The number of benzene rings is 4. The molecule has 0 spiro atoms. The Morgan fingerprint density at radius 2 is 1.48 bits per heavy atom. The summed E-state index contributed by atoms with van der Waals surface area (Å²) in [5.41, 5.74) is 10.4. The Morgan fingerprint density at radius 3 is 2.30 bits per heavy atom. The number of rotatable bonds is 4. The maximum Gasteiger partial charge on any atom is 0.0985 e. The zero-order chi connectivity index (χ0) is 26.8. The lowest BCUT2D eigenvalue weighted by molar-refractivity contribution is 1.10. The van der Waals surface area contributed by atoms with Crippen LogP contribution in [0.3, 0.4) is 0 Å². The summed E-state index contributed by atoms with van der Waals surface area (Å²) in [7, 11) is 0. The number of aromatic amines is 1. The highest BCUT2D eigenvalue weighted by Crippen LogP contribution is 2.43. The van der Waals surface area contributed by atoms with Crippen molar-refractivity contribution in [1.29, 1.82) is 0 Å². The summed E-state index contributed by atoms with van der Waals surface area (Å²) in [5.74, 6) is 0. The number of nitrogens with one attached hydrogen (secondary N) is 1. The third-order valence-electron chi connectivity index (χ3n) is 7.86. The molecule has 0 atom stereocenters. The third-order valence-corrected chi connectivity index (χ3v) is 7.86. The molecule has 0 fully saturated rings. The van der Waals surface area contributed by atoms with Gasteiger partial charge in [0.1, 0.15) is 0 Å². The van der Waals surface area contributed by atoms with Crippen molar-refractivity contribution in [3.8, 4) is 11.4 Å². The van der Waals surface area contributed by atoms with Crippen LogP contribution >= 0.6 is 0 Å². The smallest absolute Gasteiger partial charge is 0.0985 e. The topological polar surface area (TPSA) is 50.9 Å². The number of aliphatic imine (C=N–C) groups is 1. The van der Waals surface area contributed by atoms with E-state index in [-0.39, 0.29) is 0 Å². The molecule has 40 heavy (non-hydrogen) atoms. The van der Waals surface area contributed by atoms with E-state index < -0.39 is 0 Å². The van der Waals surface area contributed by atoms with E-state index in [0.717, 1.165) is 66.6 Å². The van der Waals surface area contributed by atoms with E-state index in [2.05, 4.69) is 123 Å². The van der Waals surface area contributed by atoms with Crippen LogP contribution in [-0.2, 0) is 0 Å². The highest BCUT2D eigenvalue weighted by molar-refractivity contribution is 6.19. The summed E-state index contributed by atoms with van der Waals surface area (Å²) < 4.78 is 4.65. The summed E-state index contributed by atoms with van der Waals surface area (Å²) in [6, 6.07) is 34.1. The largest absolute Gasteiger partial charge is 0.355 e. The van der Waals surface area contributed by atoms with E-state index in [4.69, 9.17) is 4.98 Å². The molecular weight excluding hydrogens is 490 g/mol. The number of fused-ring (bicyclic) bond motifs is 8. The minimum absolute atomic E-state index is 0.829. The van der Waals surface area contributed by atoms with Crippen LogP contribution in [0.4, 0.5) is 5.69 Å². The van der Waals surface area contributed by atoms with E-state index >= 15 is 0 Å². The lowest BCUT2D eigenvalue weighted by Gasteiger charge is -2.13. The minimum Gasteiger partial charge on any atom is -0.355 e. The van der Waals surface area contributed by atoms with Gasteiger partial charge in [-0.15, -0.1) is 0 Å². The van der Waals surface area contributed by atoms with Gasteiger partial charge in [-0.25, -0.2) is 0 Å². The minimum atomic E-state index is 0.829. The normalized spacial score (nSPS) is 12.1. The predicted octanol–water partition coefficient (Wildman–Crippen LogP) is 9.12. The van der Waals surface area contributed by atoms with Crippen molar-refractivity contribution in [1.82, 2.24) is 19.1 Å². The Labute approximate surface area is 230 Å². The standard InChI is InChI=1S/C35H25N5/c1-3-11-31-32(36-2)27-21-37-33-25-15-8-10-17-30(25)40(35(33)34(27)39(31)22-12-5-4-6-13-22)23-18-19-29-26(20-23)24-14-7-9-16-28(24)38-29/h3-21,38H,2H2,1H3/b11-3-. The van der Waals surface area contributed by atoms with Crippen molar-refractivity contribution in [2.75, 3.05) is 0 Å². The van der Waals surface area contributed by atoms with Crippen molar-refractivity contribution in [3.63, 3.8) is 0 Å². The zero-order valence-electron chi connectivity index (χ0n) is 22.0. The fraction of sp³-hybridized carbons (Fsp3) is 0.0286. The Hall–Kier alpha value is -5.42. The van der Waals surface area contributed by atoms with Crippen molar-refractivity contribution < 1.29 is 0 Å². The maximum atomic E-state index is 5.05. The molecule has 0 radical (unpaired) electrons. The second-order valence-corrected chi connectivity index (χ2v) is 10.0. The van der Waals surface area contributed by atoms with Gasteiger partial charge in [-0.1, -0.05) is 60.7 Å². The van der Waals surface area contributed by atoms with Crippen LogP contribution in [0.2, 0.25) is 0 Å². The van der Waals surface area contributed by atoms with Gasteiger partial charge in [-0.2, -0.15) is 0 Å². The number of pyridine rings is 1. The van der Waals surface area contributed by atoms with Crippen LogP contribution < -0.4 is 0 Å². The Kier molecular flexibility index (Phi) is 4.82. The van der Waals surface area contributed by atoms with Gasteiger partial charge >= 0.3 is 0 Å². The summed E-state index contributed by atoms with van der Waals surface area (Å²) in [6.07, 6.45) is 6.11. The molecule has 0 amide bonds. The van der Waals surface area contributed by atoms with Crippen LogP contribution in [0.5, 0.6) is 0 Å². The molecule has 8 aromatic rings. The SMILES string of the molecule is C=Nc1c(/C=C\C)n(-c2ccccc2)c2c1cnc1c3ccccc3n(-c3ccc4[nH]c5ccccc5c4c3)c12. The molecule has 0 aliphatic rings. The summed E-state index contributed by atoms with van der Waals surface area (Å²) in [5, 5.41) is 4.49. The molecule has 0 aliphatic heterocycles. The number of hydrogen-bond acceptors (Lipinski definition) is 2. The zero-order valence-corrected chi connectivity index (χ0v) is 22.0. The molecule has 4 aromatic carbocycles. The summed E-state index contributed by atoms with van der Waals surface area (Å²) in [6.45, 7) is 5.99. The fourth-order valence-electron chi connectivity index (χ4n) is 6.22. The predicted molar refractivity (Wildman–Crippen MR) is 169 cm³/mol. The van der Waals surface area contributed by atoms with E-state index in [0.29, 0.717) is 0 Å². The average Bonchev–Trinajstić information content (AvgIpc) is 3.64. The van der Waals surface area contributed by atoms with Crippen LogP contribution in [0, 0.1) is 0 Å². The molecule has 190 valence electrons. The van der Waals surface area contributed by atoms with Gasteiger partial charge in [0.05, 0.1) is 33.4 Å². The van der Waals surface area contributed by atoms with Gasteiger partial charge in [0.2, 0.25) is 0 Å². The molecule has 5 heteroatoms. The number of H-pyrrole nitrogens is 1. The van der Waals surface area contributed by atoms with Crippen molar-refractivity contribution in [2.45, 2.75) is 6.92 Å². The third kappa shape index (κ3) is 3.03. The highest BCUT2D eigenvalue weighted by atomic mass is 15.1. The van der Waals surface area contributed by atoms with E-state index in [9.17, 15) is 0 Å². The molecule has 5 nitrogen and oxygen atoms in total. The molecule has 4 aromatic heterocycles. The fourth-order valence-corrected chi connectivity index (χ4v) is 6.22. The Balaban J connectivity index is 1.60. The number of para-hydroxylation sites is 3. The first-order chi connectivity index (χ1) is 19.8. The van der Waals surface area contributed by atoms with Crippen molar-refractivity contribution in [2.24, 2.45) is 4.99 Å². The van der Waals surface area contributed by atoms with E-state index in [1.54, 1.807) is 0 Å². The summed E-state index contributed by atoms with van der Waals surface area (Å²) in [4.78, 5) is 13.1. The molecule has 0 bridgehead atoms. The van der Waals surface area contributed by atoms with Gasteiger partial charge in [0.25, 0.3) is 0 Å². The van der Waals surface area contributed by atoms with E-state index in [1.807, 2.05) is 25.3 Å². The van der Waals surface area contributed by atoms with Gasteiger partial charge in [0, 0.05) is 50.1 Å². The monoisotopic (exact) mass is 515 g/mol. The number of nitrogens with zero attached hydrogens (tertiary/aromatic N) is 4. The van der Waals surface area contributed by atoms with Crippen LogP contribution in [-0.4, -0.2) is 25.8 Å².